The number of amides is 2. The van der Waals surface area contributed by atoms with Crippen LogP contribution < -0.4 is 10.1 Å². The molecule has 2 amide bonds. The van der Waals surface area contributed by atoms with Crippen molar-refractivity contribution in [2.75, 3.05) is 30.0 Å². The van der Waals surface area contributed by atoms with Crippen LogP contribution in [0.2, 0.25) is 0 Å². The van der Waals surface area contributed by atoms with E-state index in [4.69, 9.17) is 4.74 Å². The van der Waals surface area contributed by atoms with Gasteiger partial charge >= 0.3 is 6.03 Å². The molecular weight excluding hydrogens is 328 g/mol. The van der Waals surface area contributed by atoms with E-state index >= 15 is 0 Å². The Labute approximate surface area is 144 Å². The second-order valence-corrected chi connectivity index (χ2v) is 8.32. The highest BCUT2D eigenvalue weighted by Crippen LogP contribution is 2.23. The zero-order chi connectivity index (χ0) is 17.7. The molecule has 1 saturated heterocycles. The molecule has 1 aromatic carbocycles. The molecule has 1 aliphatic rings. The van der Waals surface area contributed by atoms with Crippen molar-refractivity contribution < 1.29 is 17.9 Å². The molecule has 0 aromatic heterocycles. The number of carbonyl (C=O) groups excluding carboxylic acids is 1. The smallest absolute Gasteiger partial charge is 0.322 e. The highest BCUT2D eigenvalue weighted by atomic mass is 32.2. The standard InChI is InChI=1S/C17H26N2O4S/c1-4-9-19(14-8-10-24(21,22)12-14)17(20)18-16-7-6-15(23-5-2)11-13(16)3/h6-7,11,14H,4-5,8-10,12H2,1-3H3,(H,18,20). The Morgan fingerprint density at radius 1 is 1.38 bits per heavy atom. The molecule has 1 aromatic rings. The van der Waals surface area contributed by atoms with Crippen LogP contribution in [-0.4, -0.2) is 50.0 Å². The summed E-state index contributed by atoms with van der Waals surface area (Å²) >= 11 is 0. The molecule has 24 heavy (non-hydrogen) atoms. The van der Waals surface area contributed by atoms with Gasteiger partial charge in [0.2, 0.25) is 0 Å². The lowest BCUT2D eigenvalue weighted by atomic mass is 10.2. The van der Waals surface area contributed by atoms with E-state index in [2.05, 4.69) is 5.32 Å². The number of aryl methyl sites for hydroxylation is 1. The zero-order valence-corrected chi connectivity index (χ0v) is 15.4. The van der Waals surface area contributed by atoms with Crippen molar-refractivity contribution in [3.05, 3.63) is 23.8 Å². The van der Waals surface area contributed by atoms with Crippen LogP contribution in [0, 0.1) is 6.92 Å². The van der Waals surface area contributed by atoms with Gasteiger partial charge in [-0.05, 0) is 50.5 Å². The molecule has 0 saturated carbocycles. The average Bonchev–Trinajstić information content (AvgIpc) is 2.87. The predicted octanol–water partition coefficient (Wildman–Crippen LogP) is 2.82. The van der Waals surface area contributed by atoms with Crippen LogP contribution in [0.15, 0.2) is 18.2 Å². The van der Waals surface area contributed by atoms with E-state index in [0.717, 1.165) is 17.7 Å². The SMILES string of the molecule is CCCN(C(=O)Nc1ccc(OCC)cc1C)C1CCS(=O)(=O)C1. The van der Waals surface area contributed by atoms with Crippen molar-refractivity contribution in [1.29, 1.82) is 0 Å². The van der Waals surface area contributed by atoms with Crippen molar-refractivity contribution in [3.8, 4) is 5.75 Å². The van der Waals surface area contributed by atoms with Gasteiger partial charge in [-0.25, -0.2) is 13.2 Å². The second kappa shape index (κ2) is 7.88. The van der Waals surface area contributed by atoms with Crippen molar-refractivity contribution in [1.82, 2.24) is 4.90 Å². The maximum atomic E-state index is 12.7. The van der Waals surface area contributed by atoms with Crippen molar-refractivity contribution in [3.63, 3.8) is 0 Å². The Kier molecular flexibility index (Phi) is 6.10. The number of rotatable bonds is 6. The molecule has 1 N–H and O–H groups in total. The van der Waals surface area contributed by atoms with E-state index in [0.29, 0.717) is 25.3 Å². The lowest BCUT2D eigenvalue weighted by molar-refractivity contribution is 0.194. The fourth-order valence-electron chi connectivity index (χ4n) is 2.93. The zero-order valence-electron chi connectivity index (χ0n) is 14.5. The highest BCUT2D eigenvalue weighted by molar-refractivity contribution is 7.91. The van der Waals surface area contributed by atoms with Gasteiger partial charge in [-0.2, -0.15) is 0 Å². The van der Waals surface area contributed by atoms with Gasteiger partial charge in [-0.3, -0.25) is 0 Å². The number of hydrogen-bond acceptors (Lipinski definition) is 4. The Morgan fingerprint density at radius 3 is 2.67 bits per heavy atom. The van der Waals surface area contributed by atoms with E-state index in [1.807, 2.05) is 39.0 Å². The highest BCUT2D eigenvalue weighted by Gasteiger charge is 2.34. The minimum atomic E-state index is -3.02. The maximum absolute atomic E-state index is 12.7. The van der Waals surface area contributed by atoms with E-state index < -0.39 is 9.84 Å². The number of benzene rings is 1. The van der Waals surface area contributed by atoms with Crippen LogP contribution >= 0.6 is 0 Å². The molecule has 0 spiro atoms. The molecular formula is C17H26N2O4S. The summed E-state index contributed by atoms with van der Waals surface area (Å²) in [6, 6.07) is 5.03. The molecule has 1 atom stereocenters. The first-order valence-electron chi connectivity index (χ1n) is 8.37. The Bertz CT molecular complexity index is 688. The number of nitrogens with one attached hydrogen (secondary N) is 1. The fraction of sp³-hybridized carbons (Fsp3) is 0.588. The lowest BCUT2D eigenvalue weighted by Gasteiger charge is -2.28. The number of nitrogens with zero attached hydrogens (tertiary/aromatic N) is 1. The van der Waals surface area contributed by atoms with Gasteiger partial charge in [0.05, 0.1) is 18.1 Å². The molecule has 1 fully saturated rings. The van der Waals surface area contributed by atoms with Gasteiger partial charge in [0.25, 0.3) is 0 Å². The first kappa shape index (κ1) is 18.6. The van der Waals surface area contributed by atoms with Crippen molar-refractivity contribution >= 4 is 21.6 Å². The summed E-state index contributed by atoms with van der Waals surface area (Å²) in [6.07, 6.45) is 1.30. The molecule has 2 rings (SSSR count). The lowest BCUT2D eigenvalue weighted by Crippen LogP contribution is -2.44. The fourth-order valence-corrected chi connectivity index (χ4v) is 4.66. The molecule has 1 unspecified atom stereocenters. The normalized spacial score (nSPS) is 19.0. The third-order valence-corrected chi connectivity index (χ3v) is 5.88. The minimum absolute atomic E-state index is 0.0582. The molecule has 7 heteroatoms. The van der Waals surface area contributed by atoms with E-state index in [1.54, 1.807) is 4.90 Å². The van der Waals surface area contributed by atoms with Crippen LogP contribution in [0.4, 0.5) is 10.5 Å². The summed E-state index contributed by atoms with van der Waals surface area (Å²) < 4.78 is 28.9. The first-order chi connectivity index (χ1) is 11.4. The summed E-state index contributed by atoms with van der Waals surface area (Å²) in [5, 5.41) is 2.91. The molecule has 134 valence electrons. The molecule has 0 radical (unpaired) electrons. The van der Waals surface area contributed by atoms with Gasteiger partial charge in [-0.1, -0.05) is 6.92 Å². The van der Waals surface area contributed by atoms with Gasteiger partial charge in [0, 0.05) is 18.3 Å². The van der Waals surface area contributed by atoms with Crippen LogP contribution in [0.5, 0.6) is 5.75 Å². The monoisotopic (exact) mass is 354 g/mol. The van der Waals surface area contributed by atoms with Gasteiger partial charge < -0.3 is 15.0 Å². The summed E-state index contributed by atoms with van der Waals surface area (Å²) in [5.74, 6) is 0.982. The number of carbonyl (C=O) groups is 1. The number of ether oxygens (including phenoxy) is 1. The number of anilines is 1. The summed E-state index contributed by atoms with van der Waals surface area (Å²) in [7, 11) is -3.02. The molecule has 0 aliphatic carbocycles. The second-order valence-electron chi connectivity index (χ2n) is 6.09. The third-order valence-electron chi connectivity index (χ3n) is 4.13. The van der Waals surface area contributed by atoms with Crippen LogP contribution in [0.1, 0.15) is 32.3 Å². The minimum Gasteiger partial charge on any atom is -0.494 e. The largest absolute Gasteiger partial charge is 0.494 e. The van der Waals surface area contributed by atoms with E-state index in [-0.39, 0.29) is 23.6 Å². The van der Waals surface area contributed by atoms with E-state index in [1.165, 1.54) is 0 Å². The van der Waals surface area contributed by atoms with Crippen LogP contribution in [0.25, 0.3) is 0 Å². The van der Waals surface area contributed by atoms with Gasteiger partial charge in [-0.15, -0.1) is 0 Å². The number of sulfone groups is 1. The Hall–Kier alpha value is -1.76. The molecule has 1 aliphatic heterocycles. The van der Waals surface area contributed by atoms with E-state index in [9.17, 15) is 13.2 Å². The summed E-state index contributed by atoms with van der Waals surface area (Å²) in [4.78, 5) is 14.3. The quantitative estimate of drug-likeness (QED) is 0.852. The Morgan fingerprint density at radius 2 is 2.12 bits per heavy atom. The number of hydrogen-bond donors (Lipinski definition) is 1. The third kappa shape index (κ3) is 4.63. The molecule has 6 nitrogen and oxygen atoms in total. The van der Waals surface area contributed by atoms with Crippen LogP contribution in [-0.2, 0) is 9.84 Å². The summed E-state index contributed by atoms with van der Waals surface area (Å²) in [5.41, 5.74) is 1.62. The topological polar surface area (TPSA) is 75.7 Å². The average molecular weight is 354 g/mol. The number of urea groups is 1. The summed E-state index contributed by atoms with van der Waals surface area (Å²) in [6.45, 7) is 6.94. The van der Waals surface area contributed by atoms with Gasteiger partial charge in [0.15, 0.2) is 9.84 Å². The van der Waals surface area contributed by atoms with Crippen LogP contribution in [0.3, 0.4) is 0 Å². The molecule has 1 heterocycles. The van der Waals surface area contributed by atoms with Crippen molar-refractivity contribution in [2.24, 2.45) is 0 Å². The maximum Gasteiger partial charge on any atom is 0.322 e. The Balaban J connectivity index is 2.10. The molecule has 0 bridgehead atoms. The predicted molar refractivity (Wildman–Crippen MR) is 95.4 cm³/mol. The first-order valence-corrected chi connectivity index (χ1v) is 10.2. The van der Waals surface area contributed by atoms with Gasteiger partial charge in [0.1, 0.15) is 5.75 Å². The van der Waals surface area contributed by atoms with Crippen molar-refractivity contribution in [2.45, 2.75) is 39.7 Å².